The SMILES string of the molecule is C=CCCCOCCCCNCC. The number of rotatable bonds is 10. The number of ether oxygens (including phenoxy) is 1. The van der Waals surface area contributed by atoms with E-state index in [0.29, 0.717) is 0 Å². The van der Waals surface area contributed by atoms with Crippen LogP contribution in [0.5, 0.6) is 0 Å². The molecule has 1 N–H and O–H groups in total. The Balaban J connectivity index is 2.79. The van der Waals surface area contributed by atoms with Gasteiger partial charge in [0, 0.05) is 13.2 Å². The predicted molar refractivity (Wildman–Crippen MR) is 58.0 cm³/mol. The van der Waals surface area contributed by atoms with Gasteiger partial charge in [-0.2, -0.15) is 0 Å². The van der Waals surface area contributed by atoms with Crippen LogP contribution in [0.3, 0.4) is 0 Å². The molecule has 0 fully saturated rings. The molecule has 13 heavy (non-hydrogen) atoms. The summed E-state index contributed by atoms with van der Waals surface area (Å²) in [6.07, 6.45) is 6.50. The maximum Gasteiger partial charge on any atom is 0.0468 e. The maximum atomic E-state index is 5.44. The van der Waals surface area contributed by atoms with E-state index >= 15 is 0 Å². The van der Waals surface area contributed by atoms with Crippen molar-refractivity contribution in [1.82, 2.24) is 5.32 Å². The molecule has 0 aliphatic heterocycles. The average molecular weight is 185 g/mol. The Hall–Kier alpha value is -0.340. The lowest BCUT2D eigenvalue weighted by Gasteiger charge is -2.03. The second kappa shape index (κ2) is 11.7. The van der Waals surface area contributed by atoms with E-state index in [4.69, 9.17) is 4.74 Å². The fourth-order valence-electron chi connectivity index (χ4n) is 1.06. The summed E-state index contributed by atoms with van der Waals surface area (Å²) in [6, 6.07) is 0. The monoisotopic (exact) mass is 185 g/mol. The van der Waals surface area contributed by atoms with Gasteiger partial charge in [-0.3, -0.25) is 0 Å². The molecule has 78 valence electrons. The van der Waals surface area contributed by atoms with Crippen LogP contribution >= 0.6 is 0 Å². The summed E-state index contributed by atoms with van der Waals surface area (Å²) in [4.78, 5) is 0. The summed E-state index contributed by atoms with van der Waals surface area (Å²) in [5, 5.41) is 3.29. The normalized spacial score (nSPS) is 10.2. The molecule has 0 atom stereocenters. The van der Waals surface area contributed by atoms with Gasteiger partial charge >= 0.3 is 0 Å². The van der Waals surface area contributed by atoms with Crippen molar-refractivity contribution in [3.05, 3.63) is 12.7 Å². The van der Waals surface area contributed by atoms with E-state index in [-0.39, 0.29) is 0 Å². The third-order valence-corrected chi connectivity index (χ3v) is 1.84. The third kappa shape index (κ3) is 11.7. The molecule has 0 amide bonds. The Kier molecular flexibility index (Phi) is 11.4. The molecule has 0 saturated carbocycles. The Morgan fingerprint density at radius 1 is 1.23 bits per heavy atom. The lowest BCUT2D eigenvalue weighted by atomic mass is 10.3. The van der Waals surface area contributed by atoms with E-state index < -0.39 is 0 Å². The van der Waals surface area contributed by atoms with Gasteiger partial charge in [0.2, 0.25) is 0 Å². The molecule has 0 aliphatic rings. The lowest BCUT2D eigenvalue weighted by Crippen LogP contribution is -2.14. The van der Waals surface area contributed by atoms with Crippen LogP contribution in [0.4, 0.5) is 0 Å². The number of hydrogen-bond acceptors (Lipinski definition) is 2. The maximum absolute atomic E-state index is 5.44. The van der Waals surface area contributed by atoms with Crippen LogP contribution in [0.1, 0.15) is 32.6 Å². The van der Waals surface area contributed by atoms with E-state index in [1.54, 1.807) is 0 Å². The minimum Gasteiger partial charge on any atom is -0.381 e. The first-order valence-corrected chi connectivity index (χ1v) is 5.31. The molecule has 0 rings (SSSR count). The van der Waals surface area contributed by atoms with Crippen molar-refractivity contribution >= 4 is 0 Å². The van der Waals surface area contributed by atoms with Gasteiger partial charge in [0.15, 0.2) is 0 Å². The van der Waals surface area contributed by atoms with Crippen LogP contribution in [-0.4, -0.2) is 26.3 Å². The molecule has 0 spiro atoms. The molecular formula is C11H23NO. The van der Waals surface area contributed by atoms with Crippen molar-refractivity contribution in [2.24, 2.45) is 0 Å². The lowest BCUT2D eigenvalue weighted by molar-refractivity contribution is 0.128. The molecule has 2 nitrogen and oxygen atoms in total. The van der Waals surface area contributed by atoms with Gasteiger partial charge < -0.3 is 10.1 Å². The number of unbranched alkanes of at least 4 members (excludes halogenated alkanes) is 2. The zero-order chi connectivity index (χ0) is 9.78. The second-order valence-corrected chi connectivity index (χ2v) is 3.10. The van der Waals surface area contributed by atoms with E-state index in [2.05, 4.69) is 18.8 Å². The summed E-state index contributed by atoms with van der Waals surface area (Å²) >= 11 is 0. The Labute approximate surface area is 82.4 Å². The fraction of sp³-hybridized carbons (Fsp3) is 0.818. The van der Waals surface area contributed by atoms with Gasteiger partial charge in [-0.1, -0.05) is 13.0 Å². The minimum atomic E-state index is 0.882. The standard InChI is InChI=1S/C11H23NO/c1-3-5-7-10-13-11-8-6-9-12-4-2/h3,12H,1,4-11H2,2H3. The molecule has 0 aromatic rings. The van der Waals surface area contributed by atoms with Crippen LogP contribution in [-0.2, 0) is 4.74 Å². The number of nitrogens with one attached hydrogen (secondary N) is 1. The van der Waals surface area contributed by atoms with Crippen LogP contribution in [0.15, 0.2) is 12.7 Å². The van der Waals surface area contributed by atoms with Gasteiger partial charge in [0.05, 0.1) is 0 Å². The molecule has 0 heterocycles. The molecule has 0 unspecified atom stereocenters. The van der Waals surface area contributed by atoms with Crippen LogP contribution in [0, 0.1) is 0 Å². The summed E-state index contributed by atoms with van der Waals surface area (Å²) in [5.41, 5.74) is 0. The molecule has 0 aromatic carbocycles. The van der Waals surface area contributed by atoms with Crippen LogP contribution < -0.4 is 5.32 Å². The third-order valence-electron chi connectivity index (χ3n) is 1.84. The Bertz CT molecular complexity index is 104. The largest absolute Gasteiger partial charge is 0.381 e. The van der Waals surface area contributed by atoms with Crippen molar-refractivity contribution < 1.29 is 4.74 Å². The Morgan fingerprint density at radius 2 is 2.00 bits per heavy atom. The highest BCUT2D eigenvalue weighted by molar-refractivity contribution is 4.64. The molecule has 0 bridgehead atoms. The molecule has 0 saturated heterocycles. The summed E-state index contributed by atoms with van der Waals surface area (Å²) in [5.74, 6) is 0. The molecular weight excluding hydrogens is 162 g/mol. The number of allylic oxidation sites excluding steroid dienone is 1. The summed E-state index contributed by atoms with van der Waals surface area (Å²) < 4.78 is 5.44. The molecule has 0 aliphatic carbocycles. The minimum absolute atomic E-state index is 0.882. The zero-order valence-electron chi connectivity index (χ0n) is 8.85. The highest BCUT2D eigenvalue weighted by atomic mass is 16.5. The van der Waals surface area contributed by atoms with Gasteiger partial charge in [0.1, 0.15) is 0 Å². The van der Waals surface area contributed by atoms with Gasteiger partial charge in [-0.25, -0.2) is 0 Å². The van der Waals surface area contributed by atoms with Crippen molar-refractivity contribution in [1.29, 1.82) is 0 Å². The first-order valence-electron chi connectivity index (χ1n) is 5.31. The predicted octanol–water partition coefficient (Wildman–Crippen LogP) is 2.36. The topological polar surface area (TPSA) is 21.3 Å². The van der Waals surface area contributed by atoms with Crippen molar-refractivity contribution in [3.8, 4) is 0 Å². The Morgan fingerprint density at radius 3 is 2.69 bits per heavy atom. The van der Waals surface area contributed by atoms with Crippen molar-refractivity contribution in [2.75, 3.05) is 26.3 Å². The highest BCUT2D eigenvalue weighted by Gasteiger charge is 1.89. The smallest absolute Gasteiger partial charge is 0.0468 e. The summed E-state index contributed by atoms with van der Waals surface area (Å²) in [7, 11) is 0. The summed E-state index contributed by atoms with van der Waals surface area (Å²) in [6.45, 7) is 9.77. The zero-order valence-corrected chi connectivity index (χ0v) is 8.85. The number of hydrogen-bond donors (Lipinski definition) is 1. The molecule has 0 radical (unpaired) electrons. The molecule has 0 aromatic heterocycles. The molecule has 2 heteroatoms. The van der Waals surface area contributed by atoms with Gasteiger partial charge in [0.25, 0.3) is 0 Å². The van der Waals surface area contributed by atoms with E-state index in [0.717, 1.165) is 39.1 Å². The van der Waals surface area contributed by atoms with E-state index in [1.807, 2.05) is 6.08 Å². The van der Waals surface area contributed by atoms with Gasteiger partial charge in [-0.05, 0) is 38.8 Å². The fourth-order valence-corrected chi connectivity index (χ4v) is 1.06. The van der Waals surface area contributed by atoms with Crippen LogP contribution in [0.2, 0.25) is 0 Å². The quantitative estimate of drug-likeness (QED) is 0.417. The van der Waals surface area contributed by atoms with E-state index in [1.165, 1.54) is 12.8 Å². The first kappa shape index (κ1) is 12.7. The van der Waals surface area contributed by atoms with E-state index in [9.17, 15) is 0 Å². The average Bonchev–Trinajstić information content (AvgIpc) is 2.16. The van der Waals surface area contributed by atoms with Crippen LogP contribution in [0.25, 0.3) is 0 Å². The van der Waals surface area contributed by atoms with Crippen molar-refractivity contribution in [2.45, 2.75) is 32.6 Å². The first-order chi connectivity index (χ1) is 6.41. The highest BCUT2D eigenvalue weighted by Crippen LogP contribution is 1.93. The second-order valence-electron chi connectivity index (χ2n) is 3.10. The van der Waals surface area contributed by atoms with Crippen molar-refractivity contribution in [3.63, 3.8) is 0 Å². The van der Waals surface area contributed by atoms with Gasteiger partial charge in [-0.15, -0.1) is 6.58 Å².